The fourth-order valence-electron chi connectivity index (χ4n) is 1.49. The van der Waals surface area contributed by atoms with E-state index < -0.39 is 27.8 Å². The van der Waals surface area contributed by atoms with Gasteiger partial charge in [-0.2, -0.15) is 0 Å². The summed E-state index contributed by atoms with van der Waals surface area (Å²) in [5.41, 5.74) is 5.63. The molecule has 1 aromatic rings. The molecule has 0 radical (unpaired) electrons. The third-order valence-corrected chi connectivity index (χ3v) is 3.09. The molecule has 21 heavy (non-hydrogen) atoms. The van der Waals surface area contributed by atoms with E-state index in [4.69, 9.17) is 10.5 Å². The first kappa shape index (κ1) is 17.3. The summed E-state index contributed by atoms with van der Waals surface area (Å²) in [6.45, 7) is 0.332. The summed E-state index contributed by atoms with van der Waals surface area (Å²) in [6.07, 6.45) is 1.23. The molecule has 0 fully saturated rings. The summed E-state index contributed by atoms with van der Waals surface area (Å²) in [5.74, 6) is -1.22. The molecule has 1 aromatic carbocycles. The van der Waals surface area contributed by atoms with Crippen LogP contribution in [0.3, 0.4) is 0 Å². The van der Waals surface area contributed by atoms with Gasteiger partial charge in [-0.1, -0.05) is 0 Å². The zero-order valence-electron chi connectivity index (χ0n) is 11.7. The van der Waals surface area contributed by atoms with Crippen molar-refractivity contribution in [1.29, 1.82) is 0 Å². The number of nitrogens with two attached hydrogens (primary N) is 1. The number of amides is 1. The lowest BCUT2D eigenvalue weighted by Crippen LogP contribution is -2.36. The maximum atomic E-state index is 13.5. The van der Waals surface area contributed by atoms with Gasteiger partial charge in [0.05, 0.1) is 18.0 Å². The Kier molecular flexibility index (Phi) is 6.06. The van der Waals surface area contributed by atoms with E-state index in [0.717, 1.165) is 12.3 Å². The molecule has 4 N–H and O–H groups in total. The average Bonchev–Trinajstić information content (AvgIpc) is 2.38. The molecule has 0 aliphatic rings. The van der Waals surface area contributed by atoms with Crippen LogP contribution in [0.15, 0.2) is 18.2 Å². The van der Waals surface area contributed by atoms with Gasteiger partial charge in [-0.3, -0.25) is 9.52 Å². The Morgan fingerprint density at radius 2 is 2.14 bits per heavy atom. The molecule has 0 bridgehead atoms. The number of benzene rings is 1. The van der Waals surface area contributed by atoms with Crippen molar-refractivity contribution in [3.05, 3.63) is 24.0 Å². The lowest BCUT2D eigenvalue weighted by Gasteiger charge is -2.13. The number of carbonyl (C=O) groups is 1. The first-order valence-corrected chi connectivity index (χ1v) is 7.95. The van der Waals surface area contributed by atoms with Crippen molar-refractivity contribution >= 4 is 27.3 Å². The Morgan fingerprint density at radius 3 is 2.71 bits per heavy atom. The lowest BCUT2D eigenvalue weighted by atomic mass is 10.2. The van der Waals surface area contributed by atoms with Crippen LogP contribution in [0.2, 0.25) is 0 Å². The monoisotopic (exact) mass is 319 g/mol. The Labute approximate surface area is 122 Å². The van der Waals surface area contributed by atoms with Gasteiger partial charge in [-0.05, 0) is 24.6 Å². The number of methoxy groups -OCH3 is 1. The fraction of sp³-hybridized carbons (Fsp3) is 0.417. The second-order valence-electron chi connectivity index (χ2n) is 4.45. The summed E-state index contributed by atoms with van der Waals surface area (Å²) in [7, 11) is -2.12. The van der Waals surface area contributed by atoms with Gasteiger partial charge in [0, 0.05) is 19.4 Å². The standard InChI is InChI=1S/C12H18FN3O4S/c1-20-6-5-10(14)12(17)15-8-3-4-9(13)11(7-8)16-21(2,18)19/h3-4,7,10,16H,5-6,14H2,1-2H3,(H,15,17). The third-order valence-electron chi connectivity index (χ3n) is 2.50. The van der Waals surface area contributed by atoms with E-state index >= 15 is 0 Å². The van der Waals surface area contributed by atoms with Crippen molar-refractivity contribution in [1.82, 2.24) is 0 Å². The van der Waals surface area contributed by atoms with Crippen molar-refractivity contribution < 1.29 is 22.3 Å². The average molecular weight is 319 g/mol. The molecular formula is C12H18FN3O4S. The van der Waals surface area contributed by atoms with Gasteiger partial charge in [0.2, 0.25) is 15.9 Å². The first-order valence-electron chi connectivity index (χ1n) is 6.05. The summed E-state index contributed by atoms with van der Waals surface area (Å²) in [6, 6.07) is 2.76. The minimum absolute atomic E-state index is 0.236. The molecule has 1 amide bonds. The highest BCUT2D eigenvalue weighted by Gasteiger charge is 2.15. The number of sulfonamides is 1. The highest BCUT2D eigenvalue weighted by molar-refractivity contribution is 7.92. The minimum atomic E-state index is -3.62. The van der Waals surface area contributed by atoms with Crippen molar-refractivity contribution in [2.24, 2.45) is 5.73 Å². The highest BCUT2D eigenvalue weighted by atomic mass is 32.2. The number of halogens is 1. The molecule has 1 atom stereocenters. The van der Waals surface area contributed by atoms with Crippen LogP contribution in [0.5, 0.6) is 0 Å². The largest absolute Gasteiger partial charge is 0.385 e. The van der Waals surface area contributed by atoms with Gasteiger partial charge >= 0.3 is 0 Å². The smallest absolute Gasteiger partial charge is 0.241 e. The molecule has 1 rings (SSSR count). The third kappa shape index (κ3) is 6.06. The van der Waals surface area contributed by atoms with E-state index in [1.165, 1.54) is 19.2 Å². The summed E-state index contributed by atoms with van der Waals surface area (Å²) in [5, 5.41) is 2.48. The predicted octanol–water partition coefficient (Wildman–Crippen LogP) is 0.499. The molecular weight excluding hydrogens is 301 g/mol. The fourth-order valence-corrected chi connectivity index (χ4v) is 2.05. The predicted molar refractivity (Wildman–Crippen MR) is 78.0 cm³/mol. The summed E-state index contributed by atoms with van der Waals surface area (Å²) in [4.78, 5) is 11.8. The van der Waals surface area contributed by atoms with E-state index in [2.05, 4.69) is 5.32 Å². The molecule has 1 unspecified atom stereocenters. The molecule has 0 spiro atoms. The SMILES string of the molecule is COCCC(N)C(=O)Nc1ccc(F)c(NS(C)(=O)=O)c1. The van der Waals surface area contributed by atoms with Gasteiger partial charge in [-0.25, -0.2) is 12.8 Å². The van der Waals surface area contributed by atoms with Crippen molar-refractivity contribution in [2.75, 3.05) is 30.0 Å². The molecule has 9 heteroatoms. The van der Waals surface area contributed by atoms with Crippen LogP contribution in [-0.4, -0.2) is 40.3 Å². The summed E-state index contributed by atoms with van der Waals surface area (Å²) >= 11 is 0. The minimum Gasteiger partial charge on any atom is -0.385 e. The van der Waals surface area contributed by atoms with Crippen LogP contribution in [0, 0.1) is 5.82 Å². The van der Waals surface area contributed by atoms with Gasteiger partial charge in [0.1, 0.15) is 5.82 Å². The first-order chi connectivity index (χ1) is 9.73. The number of nitrogens with one attached hydrogen (secondary N) is 2. The topological polar surface area (TPSA) is 111 Å². The van der Waals surface area contributed by atoms with Crippen LogP contribution in [0.4, 0.5) is 15.8 Å². The van der Waals surface area contributed by atoms with Crippen LogP contribution in [0.1, 0.15) is 6.42 Å². The van der Waals surface area contributed by atoms with Gasteiger partial charge in [-0.15, -0.1) is 0 Å². The van der Waals surface area contributed by atoms with E-state index in [1.807, 2.05) is 4.72 Å². The van der Waals surface area contributed by atoms with Crippen LogP contribution < -0.4 is 15.8 Å². The second-order valence-corrected chi connectivity index (χ2v) is 6.19. The number of hydrogen-bond donors (Lipinski definition) is 3. The van der Waals surface area contributed by atoms with Crippen molar-refractivity contribution in [3.63, 3.8) is 0 Å². The maximum absolute atomic E-state index is 13.5. The molecule has 118 valence electrons. The van der Waals surface area contributed by atoms with E-state index in [-0.39, 0.29) is 11.4 Å². The maximum Gasteiger partial charge on any atom is 0.241 e. The summed E-state index contributed by atoms with van der Waals surface area (Å²) < 4.78 is 42.5. The zero-order chi connectivity index (χ0) is 16.0. The van der Waals surface area contributed by atoms with Crippen LogP contribution in [0.25, 0.3) is 0 Å². The zero-order valence-corrected chi connectivity index (χ0v) is 12.5. The van der Waals surface area contributed by atoms with Gasteiger partial charge in [0.25, 0.3) is 0 Å². The Morgan fingerprint density at radius 1 is 1.48 bits per heavy atom. The number of rotatable bonds is 7. The normalized spacial score (nSPS) is 12.8. The Balaban J connectivity index is 2.80. The number of ether oxygens (including phenoxy) is 1. The number of carbonyl (C=O) groups excluding carboxylic acids is 1. The Hall–Kier alpha value is -1.71. The van der Waals surface area contributed by atoms with E-state index in [9.17, 15) is 17.6 Å². The highest BCUT2D eigenvalue weighted by Crippen LogP contribution is 2.20. The van der Waals surface area contributed by atoms with Crippen LogP contribution in [-0.2, 0) is 19.6 Å². The Bertz CT molecular complexity index is 607. The van der Waals surface area contributed by atoms with E-state index in [1.54, 1.807) is 0 Å². The van der Waals surface area contributed by atoms with Gasteiger partial charge in [0.15, 0.2) is 0 Å². The second kappa shape index (κ2) is 7.34. The molecule has 0 heterocycles. The van der Waals surface area contributed by atoms with E-state index in [0.29, 0.717) is 13.0 Å². The van der Waals surface area contributed by atoms with Crippen molar-refractivity contribution in [3.8, 4) is 0 Å². The molecule has 7 nitrogen and oxygen atoms in total. The lowest BCUT2D eigenvalue weighted by molar-refractivity contribution is -0.117. The molecule has 0 saturated heterocycles. The quantitative estimate of drug-likeness (QED) is 0.678. The number of anilines is 2. The molecule has 0 saturated carbocycles. The molecule has 0 aliphatic carbocycles. The van der Waals surface area contributed by atoms with Gasteiger partial charge < -0.3 is 15.8 Å². The van der Waals surface area contributed by atoms with Crippen molar-refractivity contribution in [2.45, 2.75) is 12.5 Å². The van der Waals surface area contributed by atoms with Crippen LogP contribution >= 0.6 is 0 Å². The number of hydrogen-bond acceptors (Lipinski definition) is 5. The molecule has 0 aliphatic heterocycles. The molecule has 0 aromatic heterocycles.